The Morgan fingerprint density at radius 3 is 2.35 bits per heavy atom. The molecule has 5 heteroatoms. The van der Waals surface area contributed by atoms with E-state index in [0.29, 0.717) is 6.04 Å². The quantitative estimate of drug-likeness (QED) is 0.395. The predicted octanol–water partition coefficient (Wildman–Crippen LogP) is 3.02. The Bertz CT molecular complexity index is 291. The monoisotopic (exact) mass is 397 g/mol. The van der Waals surface area contributed by atoms with Gasteiger partial charge in [0.2, 0.25) is 0 Å². The summed E-state index contributed by atoms with van der Waals surface area (Å²) < 4.78 is 5.27. The minimum atomic E-state index is 0. The van der Waals surface area contributed by atoms with E-state index in [1.807, 2.05) is 0 Å². The average molecular weight is 397 g/mol. The molecule has 1 heterocycles. The number of rotatable bonds is 7. The van der Waals surface area contributed by atoms with Gasteiger partial charge in [-0.15, -0.1) is 24.0 Å². The summed E-state index contributed by atoms with van der Waals surface area (Å²) in [4.78, 5) is 4.69. The largest absolute Gasteiger partial charge is 0.380 e. The number of nitrogens with one attached hydrogen (secondary N) is 2. The number of halogens is 1. The summed E-state index contributed by atoms with van der Waals surface area (Å²) in [5.74, 6) is 1.70. The maximum Gasteiger partial charge on any atom is 0.191 e. The molecule has 1 aliphatic rings. The van der Waals surface area contributed by atoms with Crippen molar-refractivity contribution in [2.24, 2.45) is 16.3 Å². The standard InChI is InChI=1S/C15H31N3O.HI/c1-6-16-14(17-9-15(5)10-19-11-15)18-13(4)8-7-12(2)3;/h12-13H,6-11H2,1-5H3,(H2,16,17,18);1H. The molecule has 1 rings (SSSR count). The number of aliphatic imine (C=N–C) groups is 1. The fourth-order valence-electron chi connectivity index (χ4n) is 2.02. The Morgan fingerprint density at radius 1 is 1.25 bits per heavy atom. The van der Waals surface area contributed by atoms with E-state index in [0.717, 1.165) is 38.2 Å². The highest BCUT2D eigenvalue weighted by Crippen LogP contribution is 2.26. The average Bonchev–Trinajstić information content (AvgIpc) is 2.31. The van der Waals surface area contributed by atoms with Crippen molar-refractivity contribution < 1.29 is 4.74 Å². The third kappa shape index (κ3) is 7.67. The van der Waals surface area contributed by atoms with Gasteiger partial charge < -0.3 is 15.4 Å². The summed E-state index contributed by atoms with van der Waals surface area (Å²) in [5, 5.41) is 6.81. The summed E-state index contributed by atoms with van der Waals surface area (Å²) in [5.41, 5.74) is 0.240. The van der Waals surface area contributed by atoms with Gasteiger partial charge in [-0.1, -0.05) is 20.8 Å². The molecule has 20 heavy (non-hydrogen) atoms. The molecule has 0 aromatic rings. The van der Waals surface area contributed by atoms with Crippen molar-refractivity contribution in [3.05, 3.63) is 0 Å². The molecular weight excluding hydrogens is 365 g/mol. The molecule has 1 unspecified atom stereocenters. The van der Waals surface area contributed by atoms with E-state index in [4.69, 9.17) is 4.74 Å². The van der Waals surface area contributed by atoms with E-state index < -0.39 is 0 Å². The SMILES string of the molecule is CCNC(=NCC1(C)COC1)NC(C)CCC(C)C.I. The van der Waals surface area contributed by atoms with Gasteiger partial charge in [-0.2, -0.15) is 0 Å². The fourth-order valence-corrected chi connectivity index (χ4v) is 2.02. The zero-order valence-corrected chi connectivity index (χ0v) is 16.0. The van der Waals surface area contributed by atoms with Crippen LogP contribution < -0.4 is 10.6 Å². The first-order valence-corrected chi connectivity index (χ1v) is 7.58. The number of nitrogens with zero attached hydrogens (tertiary/aromatic N) is 1. The minimum absolute atomic E-state index is 0. The maximum atomic E-state index is 5.27. The lowest BCUT2D eigenvalue weighted by molar-refractivity contribution is -0.0945. The summed E-state index contributed by atoms with van der Waals surface area (Å²) in [7, 11) is 0. The molecule has 0 bridgehead atoms. The van der Waals surface area contributed by atoms with E-state index in [2.05, 4.69) is 50.2 Å². The Labute approximate surface area is 141 Å². The van der Waals surface area contributed by atoms with Crippen molar-refractivity contribution in [3.63, 3.8) is 0 Å². The third-order valence-electron chi connectivity index (χ3n) is 3.42. The lowest BCUT2D eigenvalue weighted by Gasteiger charge is -2.36. The zero-order valence-electron chi connectivity index (χ0n) is 13.7. The number of ether oxygens (including phenoxy) is 1. The lowest BCUT2D eigenvalue weighted by atomic mass is 9.89. The second-order valence-electron chi connectivity index (χ2n) is 6.52. The molecule has 120 valence electrons. The summed E-state index contributed by atoms with van der Waals surface area (Å²) in [6.45, 7) is 14.5. The van der Waals surface area contributed by atoms with Crippen LogP contribution in [0.3, 0.4) is 0 Å². The summed E-state index contributed by atoms with van der Waals surface area (Å²) in [6, 6.07) is 0.464. The lowest BCUT2D eigenvalue weighted by Crippen LogP contribution is -2.46. The van der Waals surface area contributed by atoms with Crippen LogP contribution in [0.4, 0.5) is 0 Å². The second-order valence-corrected chi connectivity index (χ2v) is 6.52. The topological polar surface area (TPSA) is 45.7 Å². The molecule has 0 aromatic heterocycles. The van der Waals surface area contributed by atoms with E-state index >= 15 is 0 Å². The Hall–Kier alpha value is -0.0400. The van der Waals surface area contributed by atoms with E-state index in [1.165, 1.54) is 12.8 Å². The molecule has 0 amide bonds. The fraction of sp³-hybridized carbons (Fsp3) is 0.933. The number of hydrogen-bond acceptors (Lipinski definition) is 2. The third-order valence-corrected chi connectivity index (χ3v) is 3.42. The molecule has 1 fully saturated rings. The first kappa shape index (κ1) is 20.0. The van der Waals surface area contributed by atoms with Crippen molar-refractivity contribution in [2.45, 2.75) is 53.5 Å². The van der Waals surface area contributed by atoms with Crippen molar-refractivity contribution in [1.29, 1.82) is 0 Å². The Morgan fingerprint density at radius 2 is 1.90 bits per heavy atom. The highest BCUT2D eigenvalue weighted by molar-refractivity contribution is 14.0. The van der Waals surface area contributed by atoms with Crippen molar-refractivity contribution in [2.75, 3.05) is 26.3 Å². The van der Waals surface area contributed by atoms with E-state index in [1.54, 1.807) is 0 Å². The zero-order chi connectivity index (χ0) is 14.3. The van der Waals surface area contributed by atoms with Crippen LogP contribution in [0.2, 0.25) is 0 Å². The Kier molecular flexibility index (Phi) is 9.80. The van der Waals surface area contributed by atoms with E-state index in [9.17, 15) is 0 Å². The van der Waals surface area contributed by atoms with Crippen molar-refractivity contribution >= 4 is 29.9 Å². The molecule has 0 aromatic carbocycles. The predicted molar refractivity (Wildman–Crippen MR) is 97.0 cm³/mol. The Balaban J connectivity index is 0.00000361. The minimum Gasteiger partial charge on any atom is -0.380 e. The van der Waals surface area contributed by atoms with Crippen LogP contribution in [0.25, 0.3) is 0 Å². The highest BCUT2D eigenvalue weighted by atomic mass is 127. The first-order chi connectivity index (χ1) is 8.95. The number of hydrogen-bond donors (Lipinski definition) is 2. The molecule has 0 radical (unpaired) electrons. The second kappa shape index (κ2) is 9.82. The van der Waals surface area contributed by atoms with Gasteiger partial charge in [0.05, 0.1) is 19.8 Å². The molecule has 1 aliphatic heterocycles. The van der Waals surface area contributed by atoms with Crippen LogP contribution in [-0.4, -0.2) is 38.3 Å². The van der Waals surface area contributed by atoms with Crippen LogP contribution in [0.1, 0.15) is 47.5 Å². The first-order valence-electron chi connectivity index (χ1n) is 7.58. The van der Waals surface area contributed by atoms with Crippen LogP contribution in [0.15, 0.2) is 4.99 Å². The van der Waals surface area contributed by atoms with Crippen LogP contribution >= 0.6 is 24.0 Å². The smallest absolute Gasteiger partial charge is 0.191 e. The van der Waals surface area contributed by atoms with Gasteiger partial charge >= 0.3 is 0 Å². The molecule has 1 atom stereocenters. The number of guanidine groups is 1. The maximum absolute atomic E-state index is 5.27. The van der Waals surface area contributed by atoms with Crippen LogP contribution in [0, 0.1) is 11.3 Å². The van der Waals surface area contributed by atoms with E-state index in [-0.39, 0.29) is 29.4 Å². The van der Waals surface area contributed by atoms with Gasteiger partial charge in [0.25, 0.3) is 0 Å². The van der Waals surface area contributed by atoms with Gasteiger partial charge in [0.1, 0.15) is 0 Å². The molecular formula is C15H32IN3O. The molecule has 4 nitrogen and oxygen atoms in total. The van der Waals surface area contributed by atoms with Crippen molar-refractivity contribution in [1.82, 2.24) is 10.6 Å². The van der Waals surface area contributed by atoms with Gasteiger partial charge in [-0.25, -0.2) is 0 Å². The molecule has 0 aliphatic carbocycles. The normalized spacial score (nSPS) is 19.0. The van der Waals surface area contributed by atoms with Crippen LogP contribution in [-0.2, 0) is 4.74 Å². The molecule has 0 saturated carbocycles. The highest BCUT2D eigenvalue weighted by Gasteiger charge is 2.33. The molecule has 1 saturated heterocycles. The summed E-state index contributed by atoms with van der Waals surface area (Å²) >= 11 is 0. The molecule has 0 spiro atoms. The van der Waals surface area contributed by atoms with Gasteiger partial charge in [-0.05, 0) is 32.6 Å². The van der Waals surface area contributed by atoms with Gasteiger partial charge in [0, 0.05) is 18.0 Å². The summed E-state index contributed by atoms with van der Waals surface area (Å²) in [6.07, 6.45) is 2.43. The van der Waals surface area contributed by atoms with Crippen molar-refractivity contribution in [3.8, 4) is 0 Å². The van der Waals surface area contributed by atoms with Gasteiger partial charge in [-0.3, -0.25) is 4.99 Å². The van der Waals surface area contributed by atoms with Crippen LogP contribution in [0.5, 0.6) is 0 Å². The molecule has 2 N–H and O–H groups in total. The van der Waals surface area contributed by atoms with Gasteiger partial charge in [0.15, 0.2) is 5.96 Å².